The van der Waals surface area contributed by atoms with Gasteiger partial charge >= 0.3 is 0 Å². The zero-order chi connectivity index (χ0) is 19.2. The zero-order valence-corrected chi connectivity index (χ0v) is 16.0. The first kappa shape index (κ1) is 19.0. The van der Waals surface area contributed by atoms with Gasteiger partial charge in [0.1, 0.15) is 5.75 Å². The summed E-state index contributed by atoms with van der Waals surface area (Å²) >= 11 is 0. The number of anilines is 2. The van der Waals surface area contributed by atoms with E-state index in [1.54, 1.807) is 18.9 Å². The number of carbonyl (C=O) groups is 2. The van der Waals surface area contributed by atoms with E-state index in [4.69, 9.17) is 4.74 Å². The minimum Gasteiger partial charge on any atom is -0.497 e. The summed E-state index contributed by atoms with van der Waals surface area (Å²) in [7, 11) is 1.66. The molecule has 142 valence electrons. The molecular formula is C22H26N2O3. The highest BCUT2D eigenvalue weighted by molar-refractivity contribution is 5.96. The van der Waals surface area contributed by atoms with Crippen LogP contribution in [0, 0.1) is 0 Å². The quantitative estimate of drug-likeness (QED) is 0.755. The topological polar surface area (TPSA) is 58.6 Å². The molecule has 2 aromatic carbocycles. The molecule has 3 rings (SSSR count). The van der Waals surface area contributed by atoms with Crippen molar-refractivity contribution in [1.82, 2.24) is 0 Å². The number of ether oxygens (including phenoxy) is 1. The van der Waals surface area contributed by atoms with Crippen LogP contribution in [-0.4, -0.2) is 25.5 Å². The van der Waals surface area contributed by atoms with Gasteiger partial charge in [-0.1, -0.05) is 18.2 Å². The van der Waals surface area contributed by atoms with Gasteiger partial charge in [0, 0.05) is 31.3 Å². The Morgan fingerprint density at radius 1 is 1.11 bits per heavy atom. The average Bonchev–Trinajstić information content (AvgIpc) is 3.09. The number of aryl methyl sites for hydroxylation is 1. The average molecular weight is 366 g/mol. The van der Waals surface area contributed by atoms with Crippen LogP contribution in [0.4, 0.5) is 11.4 Å². The van der Waals surface area contributed by atoms with Gasteiger partial charge in [0.25, 0.3) is 0 Å². The minimum atomic E-state index is 0.0112. The summed E-state index contributed by atoms with van der Waals surface area (Å²) < 4.78 is 5.16. The number of fused-ring (bicyclic) bond motifs is 1. The molecule has 5 heteroatoms. The van der Waals surface area contributed by atoms with E-state index in [1.165, 1.54) is 5.56 Å². The molecule has 2 aromatic rings. The second kappa shape index (κ2) is 8.71. The molecule has 0 fully saturated rings. The van der Waals surface area contributed by atoms with Crippen molar-refractivity contribution in [1.29, 1.82) is 0 Å². The van der Waals surface area contributed by atoms with Crippen LogP contribution < -0.4 is 15.0 Å². The normalized spacial score (nSPS) is 12.6. The number of hydrogen-bond acceptors (Lipinski definition) is 3. The van der Waals surface area contributed by atoms with Crippen LogP contribution in [-0.2, 0) is 22.4 Å². The minimum absolute atomic E-state index is 0.0112. The first-order valence-electron chi connectivity index (χ1n) is 9.40. The van der Waals surface area contributed by atoms with Crippen LogP contribution in [0.5, 0.6) is 5.75 Å². The van der Waals surface area contributed by atoms with Crippen LogP contribution in [0.25, 0.3) is 0 Å². The standard InChI is InChI=1S/C22H26N2O3/c1-16(25)24-14-13-18-9-10-19(15-21(18)24)23-22(26)6-4-3-5-17-7-11-20(27-2)12-8-17/h7-12,15H,3-6,13-14H2,1-2H3,(H,23,26). The van der Waals surface area contributed by atoms with Crippen LogP contribution in [0.3, 0.4) is 0 Å². The zero-order valence-electron chi connectivity index (χ0n) is 16.0. The highest BCUT2D eigenvalue weighted by Gasteiger charge is 2.22. The molecule has 1 aliphatic heterocycles. The highest BCUT2D eigenvalue weighted by atomic mass is 16.5. The third-order valence-corrected chi connectivity index (χ3v) is 4.92. The summed E-state index contributed by atoms with van der Waals surface area (Å²) in [5, 5.41) is 2.95. The molecule has 0 aromatic heterocycles. The molecule has 0 saturated heterocycles. The van der Waals surface area contributed by atoms with Crippen molar-refractivity contribution in [2.24, 2.45) is 0 Å². The third kappa shape index (κ3) is 4.88. The number of unbranched alkanes of at least 4 members (excludes halogenated alkanes) is 1. The van der Waals surface area contributed by atoms with Gasteiger partial charge in [0.15, 0.2) is 0 Å². The molecule has 27 heavy (non-hydrogen) atoms. The van der Waals surface area contributed by atoms with E-state index in [2.05, 4.69) is 17.4 Å². The number of methoxy groups -OCH3 is 1. The molecule has 0 bridgehead atoms. The van der Waals surface area contributed by atoms with Crippen LogP contribution in [0.2, 0.25) is 0 Å². The van der Waals surface area contributed by atoms with Crippen molar-refractivity contribution in [2.75, 3.05) is 23.9 Å². The maximum atomic E-state index is 12.2. The molecule has 2 amide bonds. The maximum absolute atomic E-state index is 12.2. The number of nitrogens with one attached hydrogen (secondary N) is 1. The van der Waals surface area contributed by atoms with Gasteiger partial charge in [-0.2, -0.15) is 0 Å². The number of nitrogens with zero attached hydrogens (tertiary/aromatic N) is 1. The summed E-state index contributed by atoms with van der Waals surface area (Å²) in [5.74, 6) is 0.906. The molecule has 0 unspecified atom stereocenters. The molecule has 0 aliphatic carbocycles. The summed E-state index contributed by atoms with van der Waals surface area (Å²) in [6, 6.07) is 13.9. The highest BCUT2D eigenvalue weighted by Crippen LogP contribution is 2.31. The van der Waals surface area contributed by atoms with Crippen LogP contribution in [0.15, 0.2) is 42.5 Å². The smallest absolute Gasteiger partial charge is 0.224 e. The lowest BCUT2D eigenvalue weighted by molar-refractivity contribution is -0.117. The van der Waals surface area contributed by atoms with Crippen molar-refractivity contribution in [3.8, 4) is 5.75 Å². The van der Waals surface area contributed by atoms with Crippen molar-refractivity contribution in [3.63, 3.8) is 0 Å². The predicted molar refractivity (Wildman–Crippen MR) is 107 cm³/mol. The molecule has 0 radical (unpaired) electrons. The molecular weight excluding hydrogens is 340 g/mol. The fourth-order valence-corrected chi connectivity index (χ4v) is 3.41. The Hall–Kier alpha value is -2.82. The second-order valence-electron chi connectivity index (χ2n) is 6.87. The Labute approximate surface area is 160 Å². The first-order valence-corrected chi connectivity index (χ1v) is 9.40. The predicted octanol–water partition coefficient (Wildman–Crippen LogP) is 3.96. The van der Waals surface area contributed by atoms with Crippen molar-refractivity contribution in [3.05, 3.63) is 53.6 Å². The van der Waals surface area contributed by atoms with Gasteiger partial charge in [0.2, 0.25) is 11.8 Å². The molecule has 1 N–H and O–H groups in total. The fourth-order valence-electron chi connectivity index (χ4n) is 3.41. The number of amides is 2. The van der Waals surface area contributed by atoms with Crippen molar-refractivity contribution >= 4 is 23.2 Å². The summed E-state index contributed by atoms with van der Waals surface area (Å²) in [6.07, 6.45) is 4.10. The molecule has 5 nitrogen and oxygen atoms in total. The van der Waals surface area contributed by atoms with Gasteiger partial charge in [0.05, 0.1) is 7.11 Å². The largest absolute Gasteiger partial charge is 0.497 e. The summed E-state index contributed by atoms with van der Waals surface area (Å²) in [4.78, 5) is 25.7. The lowest BCUT2D eigenvalue weighted by Crippen LogP contribution is -2.25. The fraction of sp³-hybridized carbons (Fsp3) is 0.364. The number of benzene rings is 2. The Bertz CT molecular complexity index is 815. The monoisotopic (exact) mass is 366 g/mol. The Kier molecular flexibility index (Phi) is 6.12. The lowest BCUT2D eigenvalue weighted by atomic mass is 10.1. The van der Waals surface area contributed by atoms with Gasteiger partial charge in [-0.3, -0.25) is 9.59 Å². The van der Waals surface area contributed by atoms with E-state index in [-0.39, 0.29) is 11.8 Å². The third-order valence-electron chi connectivity index (χ3n) is 4.92. The molecule has 1 aliphatic rings. The van der Waals surface area contributed by atoms with E-state index in [0.717, 1.165) is 48.4 Å². The van der Waals surface area contributed by atoms with Gasteiger partial charge in [-0.15, -0.1) is 0 Å². The van der Waals surface area contributed by atoms with Crippen molar-refractivity contribution < 1.29 is 14.3 Å². The van der Waals surface area contributed by atoms with E-state index in [0.29, 0.717) is 13.0 Å². The molecule has 0 saturated carbocycles. The molecule has 1 heterocycles. The summed E-state index contributed by atoms with van der Waals surface area (Å²) in [6.45, 7) is 2.29. The second-order valence-corrected chi connectivity index (χ2v) is 6.87. The Morgan fingerprint density at radius 3 is 2.59 bits per heavy atom. The SMILES string of the molecule is COc1ccc(CCCCC(=O)Nc2ccc3c(c2)N(C(C)=O)CC3)cc1. The summed E-state index contributed by atoms with van der Waals surface area (Å²) in [5.41, 5.74) is 4.07. The van der Waals surface area contributed by atoms with E-state index in [9.17, 15) is 9.59 Å². The number of rotatable bonds is 7. The van der Waals surface area contributed by atoms with Crippen LogP contribution >= 0.6 is 0 Å². The van der Waals surface area contributed by atoms with E-state index in [1.807, 2.05) is 30.3 Å². The van der Waals surface area contributed by atoms with E-state index >= 15 is 0 Å². The van der Waals surface area contributed by atoms with E-state index < -0.39 is 0 Å². The number of carbonyl (C=O) groups excluding carboxylic acids is 2. The molecule has 0 spiro atoms. The van der Waals surface area contributed by atoms with Gasteiger partial charge in [-0.25, -0.2) is 0 Å². The lowest BCUT2D eigenvalue weighted by Gasteiger charge is -2.15. The van der Waals surface area contributed by atoms with Crippen LogP contribution in [0.1, 0.15) is 37.3 Å². The number of hydrogen-bond donors (Lipinski definition) is 1. The molecule has 0 atom stereocenters. The Morgan fingerprint density at radius 2 is 1.89 bits per heavy atom. The first-order chi connectivity index (χ1) is 13.1. The van der Waals surface area contributed by atoms with Gasteiger partial charge in [-0.05, 0) is 61.1 Å². The maximum Gasteiger partial charge on any atom is 0.224 e. The van der Waals surface area contributed by atoms with Gasteiger partial charge < -0.3 is 15.0 Å². The van der Waals surface area contributed by atoms with Crippen molar-refractivity contribution in [2.45, 2.75) is 39.0 Å². The Balaban J connectivity index is 1.45.